The number of aliphatic hydroxyl groups is 1. The van der Waals surface area contributed by atoms with Crippen molar-refractivity contribution in [1.82, 2.24) is 5.32 Å². The second kappa shape index (κ2) is 19.1. The van der Waals surface area contributed by atoms with Crippen molar-refractivity contribution in [2.75, 3.05) is 34.0 Å². The van der Waals surface area contributed by atoms with E-state index in [0.717, 1.165) is 18.4 Å². The first-order valence-corrected chi connectivity index (χ1v) is 13.3. The van der Waals surface area contributed by atoms with Crippen molar-refractivity contribution in [2.24, 2.45) is 35.1 Å². The fraction of sp³-hybridized carbons (Fsp3) is 0.714. The third-order valence-electron chi connectivity index (χ3n) is 6.80. The van der Waals surface area contributed by atoms with Crippen molar-refractivity contribution in [2.45, 2.75) is 71.9 Å². The van der Waals surface area contributed by atoms with Crippen molar-refractivity contribution in [1.29, 1.82) is 0 Å². The fourth-order valence-electron chi connectivity index (χ4n) is 4.30. The van der Waals surface area contributed by atoms with Gasteiger partial charge in [-0.1, -0.05) is 33.8 Å². The van der Waals surface area contributed by atoms with E-state index in [4.69, 9.17) is 25.7 Å². The molecule has 1 aromatic rings. The minimum Gasteiger partial charge on any atom is -0.493 e. The molecule has 1 aromatic carbocycles. The first-order valence-electron chi connectivity index (χ1n) is 13.3. The second-order valence-electron chi connectivity index (χ2n) is 10.4. The highest BCUT2D eigenvalue weighted by molar-refractivity contribution is 5.85. The summed E-state index contributed by atoms with van der Waals surface area (Å²) in [6.07, 6.45) is 1.69. The van der Waals surface area contributed by atoms with Crippen LogP contribution in [0.2, 0.25) is 0 Å². The number of benzene rings is 1. The highest BCUT2D eigenvalue weighted by Crippen LogP contribution is 2.31. The summed E-state index contributed by atoms with van der Waals surface area (Å²) >= 11 is 0. The fourth-order valence-corrected chi connectivity index (χ4v) is 4.30. The molecule has 0 heterocycles. The zero-order valence-corrected chi connectivity index (χ0v) is 24.7. The molecule has 9 nitrogen and oxygen atoms in total. The van der Waals surface area contributed by atoms with E-state index in [9.17, 15) is 14.7 Å². The lowest BCUT2D eigenvalue weighted by molar-refractivity contribution is -0.127. The molecule has 0 fully saturated rings. The summed E-state index contributed by atoms with van der Waals surface area (Å²) in [6.45, 7) is 9.53. The molecule has 0 aliphatic heterocycles. The van der Waals surface area contributed by atoms with Crippen LogP contribution in [0.4, 0.5) is 0 Å². The SMILES string of the molecule is COCCCOc1cc(C[C@@H](C[C@H](N)[C@@H](O)C[C@H](C(=O)NCCC(N)=O)C(C)C)C(C)C)ccc1OC.Cl. The lowest BCUT2D eigenvalue weighted by atomic mass is 9.81. The van der Waals surface area contributed by atoms with Gasteiger partial charge < -0.3 is 36.1 Å². The molecule has 0 aliphatic rings. The van der Waals surface area contributed by atoms with Crippen LogP contribution in [0.15, 0.2) is 18.2 Å². The number of primary amides is 1. The number of ether oxygens (including phenoxy) is 3. The molecule has 0 radical (unpaired) electrons. The molecule has 6 N–H and O–H groups in total. The maximum Gasteiger partial charge on any atom is 0.223 e. The number of amides is 2. The van der Waals surface area contributed by atoms with Crippen LogP contribution in [0.1, 0.15) is 58.9 Å². The van der Waals surface area contributed by atoms with Crippen molar-refractivity contribution >= 4 is 24.2 Å². The zero-order chi connectivity index (χ0) is 28.0. The minimum absolute atomic E-state index is 0. The van der Waals surface area contributed by atoms with E-state index in [1.54, 1.807) is 14.2 Å². The Morgan fingerprint density at radius 2 is 1.71 bits per heavy atom. The van der Waals surface area contributed by atoms with Crippen LogP contribution in [-0.4, -0.2) is 63.0 Å². The monoisotopic (exact) mass is 559 g/mol. The number of carbonyl (C=O) groups excluding carboxylic acids is 2. The maximum absolute atomic E-state index is 12.6. The quantitative estimate of drug-likeness (QED) is 0.190. The predicted molar refractivity (Wildman–Crippen MR) is 153 cm³/mol. The van der Waals surface area contributed by atoms with Crippen molar-refractivity contribution in [3.8, 4) is 11.5 Å². The predicted octanol–water partition coefficient (Wildman–Crippen LogP) is 3.08. The molecular weight excluding hydrogens is 510 g/mol. The van der Waals surface area contributed by atoms with E-state index in [-0.39, 0.29) is 49.5 Å². The standard InChI is InChI=1S/C28H49N3O6.ClH/c1-18(2)21(14-20-8-9-25(36-6)26(15-20)37-13-7-12-35-5)16-23(29)24(32)17-22(19(3)4)28(34)31-11-10-27(30)33;/h8-9,15,18-19,21-24,32H,7,10-14,16-17,29H2,1-6H3,(H2,30,33)(H,31,34);1H/t21-,22-,23-,24-;/m0./s1. The summed E-state index contributed by atoms with van der Waals surface area (Å²) in [5.41, 5.74) is 12.7. The van der Waals surface area contributed by atoms with Crippen molar-refractivity contribution in [3.05, 3.63) is 23.8 Å². The third-order valence-corrected chi connectivity index (χ3v) is 6.80. The number of hydrogen-bond acceptors (Lipinski definition) is 7. The normalized spacial score (nSPS) is 14.4. The topological polar surface area (TPSA) is 146 Å². The Labute approximate surface area is 234 Å². The average Bonchev–Trinajstić information content (AvgIpc) is 2.84. The second-order valence-corrected chi connectivity index (χ2v) is 10.4. The van der Waals surface area contributed by atoms with Crippen LogP contribution in [0.25, 0.3) is 0 Å². The Kier molecular flexibility index (Phi) is 18.0. The number of carbonyl (C=O) groups is 2. The van der Waals surface area contributed by atoms with E-state index >= 15 is 0 Å². The van der Waals surface area contributed by atoms with Gasteiger partial charge in [0, 0.05) is 45.1 Å². The Morgan fingerprint density at radius 3 is 2.26 bits per heavy atom. The average molecular weight is 560 g/mol. The van der Waals surface area contributed by atoms with E-state index in [1.165, 1.54) is 0 Å². The van der Waals surface area contributed by atoms with Gasteiger partial charge in [0.25, 0.3) is 0 Å². The molecule has 2 amide bonds. The number of rotatable bonds is 19. The van der Waals surface area contributed by atoms with Crippen LogP contribution in [0.3, 0.4) is 0 Å². The van der Waals surface area contributed by atoms with E-state index in [0.29, 0.717) is 37.1 Å². The van der Waals surface area contributed by atoms with Gasteiger partial charge in [-0.2, -0.15) is 0 Å². The number of aliphatic hydroxyl groups excluding tert-OH is 1. The minimum atomic E-state index is -0.828. The molecule has 1 rings (SSSR count). The van der Waals surface area contributed by atoms with Gasteiger partial charge in [-0.25, -0.2) is 0 Å². The van der Waals surface area contributed by atoms with E-state index < -0.39 is 24.0 Å². The molecule has 0 bridgehead atoms. The Hall–Kier alpha value is -2.07. The van der Waals surface area contributed by atoms with Crippen LogP contribution in [0, 0.1) is 23.7 Å². The first kappa shape index (κ1) is 35.9. The summed E-state index contributed by atoms with van der Waals surface area (Å²) in [4.78, 5) is 23.6. The lowest BCUT2D eigenvalue weighted by Gasteiger charge is -2.30. The molecule has 0 aromatic heterocycles. The molecule has 220 valence electrons. The Bertz CT molecular complexity index is 824. The highest BCUT2D eigenvalue weighted by Gasteiger charge is 2.29. The van der Waals surface area contributed by atoms with Crippen molar-refractivity contribution < 1.29 is 28.9 Å². The van der Waals surface area contributed by atoms with Gasteiger partial charge in [-0.3, -0.25) is 9.59 Å². The van der Waals surface area contributed by atoms with Crippen LogP contribution in [-0.2, 0) is 20.7 Å². The summed E-state index contributed by atoms with van der Waals surface area (Å²) in [5.74, 6) is 0.881. The smallest absolute Gasteiger partial charge is 0.223 e. The van der Waals surface area contributed by atoms with E-state index in [1.807, 2.05) is 32.0 Å². The largest absolute Gasteiger partial charge is 0.493 e. The third kappa shape index (κ3) is 13.1. The van der Waals surface area contributed by atoms with Gasteiger partial charge in [-0.05, 0) is 54.7 Å². The van der Waals surface area contributed by atoms with Crippen LogP contribution in [0.5, 0.6) is 11.5 Å². The number of nitrogens with two attached hydrogens (primary N) is 2. The summed E-state index contributed by atoms with van der Waals surface area (Å²) in [6, 6.07) is 5.48. The number of hydrogen-bond donors (Lipinski definition) is 4. The molecule has 4 atom stereocenters. The summed E-state index contributed by atoms with van der Waals surface area (Å²) < 4.78 is 16.5. The number of methoxy groups -OCH3 is 2. The maximum atomic E-state index is 12.6. The Morgan fingerprint density at radius 1 is 1.03 bits per heavy atom. The van der Waals surface area contributed by atoms with Crippen LogP contribution >= 0.6 is 12.4 Å². The van der Waals surface area contributed by atoms with Crippen molar-refractivity contribution in [3.63, 3.8) is 0 Å². The number of halogens is 1. The molecule has 0 saturated carbocycles. The van der Waals surface area contributed by atoms with Gasteiger partial charge >= 0.3 is 0 Å². The van der Waals surface area contributed by atoms with Gasteiger partial charge in [0.1, 0.15) is 0 Å². The Balaban J connectivity index is 0.0000137. The lowest BCUT2D eigenvalue weighted by Crippen LogP contribution is -2.43. The first-order chi connectivity index (χ1) is 17.5. The molecule has 0 saturated heterocycles. The van der Waals surface area contributed by atoms with Gasteiger partial charge in [0.2, 0.25) is 11.8 Å². The molecular formula is C28H50ClN3O6. The molecule has 38 heavy (non-hydrogen) atoms. The number of nitrogens with one attached hydrogen (secondary N) is 1. The summed E-state index contributed by atoms with van der Waals surface area (Å²) in [7, 11) is 3.29. The molecule has 0 aliphatic carbocycles. The van der Waals surface area contributed by atoms with Gasteiger partial charge in [-0.15, -0.1) is 12.4 Å². The summed E-state index contributed by atoms with van der Waals surface area (Å²) in [5, 5.41) is 13.7. The molecule has 10 heteroatoms. The highest BCUT2D eigenvalue weighted by atomic mass is 35.5. The molecule has 0 unspecified atom stereocenters. The molecule has 0 spiro atoms. The van der Waals surface area contributed by atoms with Crippen LogP contribution < -0.4 is 26.3 Å². The van der Waals surface area contributed by atoms with E-state index in [2.05, 4.69) is 19.2 Å². The van der Waals surface area contributed by atoms with Gasteiger partial charge in [0.15, 0.2) is 11.5 Å². The zero-order valence-electron chi connectivity index (χ0n) is 23.9. The van der Waals surface area contributed by atoms with Gasteiger partial charge in [0.05, 0.1) is 19.8 Å².